The van der Waals surface area contributed by atoms with Gasteiger partial charge in [-0.15, -0.1) is 24.9 Å². The molecule has 2 rings (SSSR count). The summed E-state index contributed by atoms with van der Waals surface area (Å²) in [6, 6.07) is 14.1. The number of hydrogen-bond donors (Lipinski definition) is 1. The molecule has 0 atom stereocenters. The molecule has 0 aliphatic rings. The number of ether oxygens (including phenoxy) is 1. The maximum Gasteiger partial charge on any atom is 0.573 e. The molecule has 0 aliphatic heterocycles. The molecular formula is C15H14F3NOS. The van der Waals surface area contributed by atoms with Gasteiger partial charge in [0.1, 0.15) is 5.75 Å². The Kier molecular flexibility index (Phi) is 5.01. The van der Waals surface area contributed by atoms with E-state index in [0.717, 1.165) is 11.3 Å². The van der Waals surface area contributed by atoms with Crippen LogP contribution in [-0.4, -0.2) is 13.4 Å². The van der Waals surface area contributed by atoms with Gasteiger partial charge >= 0.3 is 6.36 Å². The molecule has 0 spiro atoms. The molecule has 0 aliphatic carbocycles. The number of anilines is 1. The number of thioether (sulfide) groups is 1. The number of alkyl halides is 3. The molecule has 21 heavy (non-hydrogen) atoms. The molecule has 2 aromatic rings. The van der Waals surface area contributed by atoms with Gasteiger partial charge in [0.15, 0.2) is 0 Å². The highest BCUT2D eigenvalue weighted by Gasteiger charge is 2.32. The molecule has 6 heteroatoms. The largest absolute Gasteiger partial charge is 0.573 e. The molecule has 0 amide bonds. The van der Waals surface area contributed by atoms with Gasteiger partial charge in [0, 0.05) is 18.5 Å². The van der Waals surface area contributed by atoms with Crippen LogP contribution < -0.4 is 10.1 Å². The Labute approximate surface area is 125 Å². The van der Waals surface area contributed by atoms with Crippen molar-refractivity contribution in [1.29, 1.82) is 0 Å². The summed E-state index contributed by atoms with van der Waals surface area (Å²) in [4.78, 5) is 0.447. The van der Waals surface area contributed by atoms with Crippen LogP contribution in [0.4, 0.5) is 18.9 Å². The zero-order valence-corrected chi connectivity index (χ0v) is 12.1. The molecule has 0 radical (unpaired) electrons. The second kappa shape index (κ2) is 6.76. The van der Waals surface area contributed by atoms with Crippen LogP contribution in [0.3, 0.4) is 0 Å². The van der Waals surface area contributed by atoms with Gasteiger partial charge in [0.2, 0.25) is 0 Å². The molecule has 0 aromatic heterocycles. The SMILES string of the molecule is CNc1ccc(OC(F)(F)F)c(SCc2ccccc2)c1. The Bertz CT molecular complexity index is 587. The fourth-order valence-electron chi connectivity index (χ4n) is 1.72. The fourth-order valence-corrected chi connectivity index (χ4v) is 2.70. The lowest BCUT2D eigenvalue weighted by Crippen LogP contribution is -2.17. The third-order valence-corrected chi connectivity index (χ3v) is 3.80. The molecule has 0 bridgehead atoms. The van der Waals surface area contributed by atoms with E-state index in [1.165, 1.54) is 17.8 Å². The van der Waals surface area contributed by atoms with Crippen LogP contribution >= 0.6 is 11.8 Å². The average Bonchev–Trinajstić information content (AvgIpc) is 2.46. The molecule has 0 fully saturated rings. The van der Waals surface area contributed by atoms with Crippen molar-refractivity contribution < 1.29 is 17.9 Å². The fraction of sp³-hybridized carbons (Fsp3) is 0.200. The van der Waals surface area contributed by atoms with E-state index in [1.807, 2.05) is 30.3 Å². The van der Waals surface area contributed by atoms with Crippen molar-refractivity contribution >= 4 is 17.4 Å². The molecule has 0 saturated carbocycles. The van der Waals surface area contributed by atoms with Gasteiger partial charge in [-0.05, 0) is 23.8 Å². The highest BCUT2D eigenvalue weighted by molar-refractivity contribution is 7.98. The zero-order chi connectivity index (χ0) is 15.3. The highest BCUT2D eigenvalue weighted by atomic mass is 32.2. The van der Waals surface area contributed by atoms with Crippen molar-refractivity contribution in [3.8, 4) is 5.75 Å². The van der Waals surface area contributed by atoms with Crippen molar-refractivity contribution in [1.82, 2.24) is 0 Å². The summed E-state index contributed by atoms with van der Waals surface area (Å²) in [5.74, 6) is 0.393. The van der Waals surface area contributed by atoms with Gasteiger partial charge in [-0.1, -0.05) is 30.3 Å². The van der Waals surface area contributed by atoms with Crippen LogP contribution in [0.5, 0.6) is 5.75 Å². The first-order valence-electron chi connectivity index (χ1n) is 6.22. The summed E-state index contributed by atoms with van der Waals surface area (Å²) in [7, 11) is 1.71. The van der Waals surface area contributed by atoms with Gasteiger partial charge < -0.3 is 10.1 Å². The smallest absolute Gasteiger partial charge is 0.405 e. The lowest BCUT2D eigenvalue weighted by molar-refractivity contribution is -0.275. The van der Waals surface area contributed by atoms with Gasteiger partial charge in [-0.25, -0.2) is 0 Å². The maximum absolute atomic E-state index is 12.4. The molecule has 2 nitrogen and oxygen atoms in total. The lowest BCUT2D eigenvalue weighted by Gasteiger charge is -2.14. The minimum atomic E-state index is -4.69. The van der Waals surface area contributed by atoms with E-state index in [4.69, 9.17) is 0 Å². The predicted molar refractivity (Wildman–Crippen MR) is 78.7 cm³/mol. The van der Waals surface area contributed by atoms with Crippen LogP contribution in [0.2, 0.25) is 0 Å². The minimum Gasteiger partial charge on any atom is -0.405 e. The predicted octanol–water partition coefficient (Wildman–Crippen LogP) is 4.92. The highest BCUT2D eigenvalue weighted by Crippen LogP contribution is 2.36. The van der Waals surface area contributed by atoms with Crippen LogP contribution in [0, 0.1) is 0 Å². The third kappa shape index (κ3) is 4.90. The van der Waals surface area contributed by atoms with Crippen molar-refractivity contribution in [2.24, 2.45) is 0 Å². The Hall–Kier alpha value is -1.82. The average molecular weight is 313 g/mol. The monoisotopic (exact) mass is 313 g/mol. The minimum absolute atomic E-state index is 0.178. The molecular weight excluding hydrogens is 299 g/mol. The van der Waals surface area contributed by atoms with E-state index < -0.39 is 6.36 Å². The van der Waals surface area contributed by atoms with Gasteiger partial charge in [0.05, 0.1) is 4.90 Å². The molecule has 1 N–H and O–H groups in total. The number of benzene rings is 2. The van der Waals surface area contributed by atoms with Crippen LogP contribution in [0.1, 0.15) is 5.56 Å². The molecule has 0 unspecified atom stereocenters. The molecule has 0 saturated heterocycles. The zero-order valence-electron chi connectivity index (χ0n) is 11.3. The van der Waals surface area contributed by atoms with Gasteiger partial charge in [-0.3, -0.25) is 0 Å². The lowest BCUT2D eigenvalue weighted by atomic mass is 10.2. The summed E-state index contributed by atoms with van der Waals surface area (Å²) in [5.41, 5.74) is 1.77. The summed E-state index contributed by atoms with van der Waals surface area (Å²) >= 11 is 1.31. The molecule has 112 valence electrons. The summed E-state index contributed by atoms with van der Waals surface area (Å²) in [6.45, 7) is 0. The van der Waals surface area contributed by atoms with Crippen molar-refractivity contribution in [3.05, 3.63) is 54.1 Å². The van der Waals surface area contributed by atoms with Gasteiger partial charge in [0.25, 0.3) is 0 Å². The van der Waals surface area contributed by atoms with E-state index in [1.54, 1.807) is 19.2 Å². The van der Waals surface area contributed by atoms with Crippen LogP contribution in [-0.2, 0) is 5.75 Å². The van der Waals surface area contributed by atoms with Crippen molar-refractivity contribution in [2.45, 2.75) is 17.0 Å². The first kappa shape index (κ1) is 15.6. The standard InChI is InChI=1S/C15H14F3NOS/c1-19-12-7-8-13(20-15(16,17)18)14(9-12)21-10-11-5-3-2-4-6-11/h2-9,19H,10H2,1H3. The van der Waals surface area contributed by atoms with E-state index in [2.05, 4.69) is 10.1 Å². The van der Waals surface area contributed by atoms with Crippen molar-refractivity contribution in [2.75, 3.05) is 12.4 Å². The topological polar surface area (TPSA) is 21.3 Å². The van der Waals surface area contributed by atoms with E-state index in [-0.39, 0.29) is 5.75 Å². The van der Waals surface area contributed by atoms with Crippen molar-refractivity contribution in [3.63, 3.8) is 0 Å². The summed E-state index contributed by atoms with van der Waals surface area (Å²) in [6.07, 6.45) is -4.69. The molecule has 2 aromatic carbocycles. The third-order valence-electron chi connectivity index (χ3n) is 2.70. The Morgan fingerprint density at radius 3 is 2.43 bits per heavy atom. The second-order valence-electron chi connectivity index (χ2n) is 4.23. The van der Waals surface area contributed by atoms with E-state index in [9.17, 15) is 13.2 Å². The Morgan fingerprint density at radius 2 is 1.81 bits per heavy atom. The van der Waals surface area contributed by atoms with E-state index >= 15 is 0 Å². The molecule has 0 heterocycles. The number of rotatable bonds is 5. The van der Waals surface area contributed by atoms with Gasteiger partial charge in [-0.2, -0.15) is 0 Å². The summed E-state index contributed by atoms with van der Waals surface area (Å²) in [5, 5.41) is 2.91. The Morgan fingerprint density at radius 1 is 1.10 bits per heavy atom. The summed E-state index contributed by atoms with van der Waals surface area (Å²) < 4.78 is 41.3. The second-order valence-corrected chi connectivity index (χ2v) is 5.25. The first-order valence-corrected chi connectivity index (χ1v) is 7.21. The Balaban J connectivity index is 2.18. The number of hydrogen-bond acceptors (Lipinski definition) is 3. The van der Waals surface area contributed by atoms with Crippen LogP contribution in [0.25, 0.3) is 0 Å². The van der Waals surface area contributed by atoms with Crippen LogP contribution in [0.15, 0.2) is 53.4 Å². The normalized spacial score (nSPS) is 11.2. The number of halogens is 3. The quantitative estimate of drug-likeness (QED) is 0.792. The van der Waals surface area contributed by atoms with E-state index in [0.29, 0.717) is 10.6 Å². The number of nitrogens with one attached hydrogen (secondary N) is 1. The first-order chi connectivity index (χ1) is 9.98. The maximum atomic E-state index is 12.4.